The van der Waals surface area contributed by atoms with Crippen LogP contribution in [0.25, 0.3) is 10.9 Å². The molecule has 25 heavy (non-hydrogen) atoms. The van der Waals surface area contributed by atoms with Gasteiger partial charge in [0.1, 0.15) is 0 Å². The largest absolute Gasteiger partial charge is 0.377 e. The maximum absolute atomic E-state index is 12.8. The molecule has 1 aliphatic heterocycles. The summed E-state index contributed by atoms with van der Waals surface area (Å²) in [5.41, 5.74) is 1.03. The monoisotopic (exact) mass is 357 g/mol. The molecule has 3 N–H and O–H groups in total. The van der Waals surface area contributed by atoms with Crippen LogP contribution in [-0.4, -0.2) is 34.6 Å². The topological polar surface area (TPSA) is 87.0 Å². The van der Waals surface area contributed by atoms with Crippen LogP contribution < -0.4 is 10.9 Å². The predicted molar refractivity (Wildman–Crippen MR) is 95.1 cm³/mol. The fourth-order valence-electron chi connectivity index (χ4n) is 4.99. The molecule has 0 radical (unpaired) electrons. The van der Waals surface area contributed by atoms with Gasteiger partial charge < -0.3 is 15.0 Å². The van der Waals surface area contributed by atoms with E-state index in [4.69, 9.17) is 17.0 Å². The Morgan fingerprint density at radius 1 is 1.32 bits per heavy atom. The summed E-state index contributed by atoms with van der Waals surface area (Å²) in [7, 11) is 0. The molecular weight excluding hydrogens is 338 g/mol. The van der Waals surface area contributed by atoms with Crippen molar-refractivity contribution in [2.75, 3.05) is 6.61 Å². The predicted octanol–water partition coefficient (Wildman–Crippen LogP) is 2.27. The van der Waals surface area contributed by atoms with Gasteiger partial charge in [0.05, 0.1) is 17.0 Å². The number of hydrogen-bond acceptors (Lipinski definition) is 4. The highest BCUT2D eigenvalue weighted by Gasteiger charge is 2.66. The average Bonchev–Trinajstić information content (AvgIpc) is 2.95. The van der Waals surface area contributed by atoms with E-state index in [1.165, 1.54) is 6.42 Å². The summed E-state index contributed by atoms with van der Waals surface area (Å²) >= 11 is 5.01. The second-order valence-corrected chi connectivity index (χ2v) is 7.86. The maximum atomic E-state index is 12.8. The minimum atomic E-state index is -0.246. The zero-order valence-electron chi connectivity index (χ0n) is 13.6. The average molecular weight is 357 g/mol. The maximum Gasteiger partial charge on any atom is 0.259 e. The first-order chi connectivity index (χ1) is 12.1. The standard InChI is InChI=1S/C18H19N3O3S/c22-15(9-2-3-10-12(8-9)19-17(25)21-16(10)23)20-13-11-4-7-24-14(11)18(13)5-1-6-18/h2-3,8,11,13-14H,1,4-7H2,(H,20,22)(H2,19,21,23,25)/t11-,13-,14+/m1/s1. The number of carbonyl (C=O) groups is 1. The number of fused-ring (bicyclic) bond motifs is 3. The van der Waals surface area contributed by atoms with Crippen molar-refractivity contribution in [3.63, 3.8) is 0 Å². The molecule has 1 saturated heterocycles. The molecule has 1 spiro atoms. The van der Waals surface area contributed by atoms with Gasteiger partial charge in [-0.3, -0.25) is 14.6 Å². The van der Waals surface area contributed by atoms with Crippen molar-refractivity contribution in [2.45, 2.75) is 37.8 Å². The molecule has 3 aliphatic rings. The fourth-order valence-corrected chi connectivity index (χ4v) is 5.19. The molecule has 130 valence electrons. The second kappa shape index (κ2) is 5.25. The smallest absolute Gasteiger partial charge is 0.259 e. The lowest BCUT2D eigenvalue weighted by molar-refractivity contribution is -0.172. The summed E-state index contributed by atoms with van der Waals surface area (Å²) in [5, 5.41) is 3.74. The van der Waals surface area contributed by atoms with E-state index < -0.39 is 0 Å². The van der Waals surface area contributed by atoms with Crippen LogP contribution in [0.2, 0.25) is 0 Å². The molecule has 2 aliphatic carbocycles. The molecular formula is C18H19N3O3S. The highest BCUT2D eigenvalue weighted by molar-refractivity contribution is 7.71. The molecule has 3 fully saturated rings. The molecule has 7 heteroatoms. The number of aromatic amines is 2. The van der Waals surface area contributed by atoms with Crippen LogP contribution in [0.15, 0.2) is 23.0 Å². The van der Waals surface area contributed by atoms with Gasteiger partial charge in [-0.15, -0.1) is 0 Å². The number of benzene rings is 1. The van der Waals surface area contributed by atoms with E-state index in [-0.39, 0.29) is 27.7 Å². The van der Waals surface area contributed by atoms with Gasteiger partial charge in [-0.25, -0.2) is 0 Å². The third-order valence-corrected chi connectivity index (χ3v) is 6.53. The Labute approximate surface area is 149 Å². The lowest BCUT2D eigenvalue weighted by atomic mass is 9.46. The van der Waals surface area contributed by atoms with E-state index in [9.17, 15) is 9.59 Å². The number of hydrogen-bond donors (Lipinski definition) is 3. The van der Waals surface area contributed by atoms with Gasteiger partial charge in [-0.2, -0.15) is 0 Å². The van der Waals surface area contributed by atoms with Crippen LogP contribution in [-0.2, 0) is 4.74 Å². The van der Waals surface area contributed by atoms with Crippen molar-refractivity contribution in [1.29, 1.82) is 0 Å². The van der Waals surface area contributed by atoms with Gasteiger partial charge >= 0.3 is 0 Å². The Bertz CT molecular complexity index is 991. The third kappa shape index (κ3) is 2.09. The van der Waals surface area contributed by atoms with Crippen molar-refractivity contribution in [2.24, 2.45) is 11.3 Å². The normalized spacial score (nSPS) is 29.0. The van der Waals surface area contributed by atoms with E-state index in [1.54, 1.807) is 18.2 Å². The minimum Gasteiger partial charge on any atom is -0.377 e. The van der Waals surface area contributed by atoms with Gasteiger partial charge in [0.2, 0.25) is 0 Å². The van der Waals surface area contributed by atoms with Crippen LogP contribution in [0.1, 0.15) is 36.0 Å². The van der Waals surface area contributed by atoms with Crippen molar-refractivity contribution >= 4 is 29.0 Å². The third-order valence-electron chi connectivity index (χ3n) is 6.32. The van der Waals surface area contributed by atoms with E-state index in [0.717, 1.165) is 25.9 Å². The summed E-state index contributed by atoms with van der Waals surface area (Å²) in [4.78, 5) is 30.2. The molecule has 2 saturated carbocycles. The first-order valence-corrected chi connectivity index (χ1v) is 9.18. The van der Waals surface area contributed by atoms with Gasteiger partial charge in [-0.1, -0.05) is 6.42 Å². The van der Waals surface area contributed by atoms with E-state index in [2.05, 4.69) is 15.3 Å². The number of carbonyl (C=O) groups excluding carboxylic acids is 1. The summed E-state index contributed by atoms with van der Waals surface area (Å²) < 4.78 is 6.16. The number of rotatable bonds is 2. The summed E-state index contributed by atoms with van der Waals surface area (Å²) in [6.07, 6.45) is 4.85. The molecule has 0 unspecified atom stereocenters. The summed E-state index contributed by atoms with van der Waals surface area (Å²) in [5.74, 6) is 0.349. The summed E-state index contributed by atoms with van der Waals surface area (Å²) in [6, 6.07) is 5.26. The van der Waals surface area contributed by atoms with Crippen LogP contribution in [0.3, 0.4) is 0 Å². The Morgan fingerprint density at radius 2 is 2.16 bits per heavy atom. The lowest BCUT2D eigenvalue weighted by Crippen LogP contribution is -2.71. The Balaban J connectivity index is 1.44. The lowest BCUT2D eigenvalue weighted by Gasteiger charge is -2.63. The molecule has 1 amide bonds. The van der Waals surface area contributed by atoms with Gasteiger partial charge in [0, 0.05) is 29.5 Å². The van der Waals surface area contributed by atoms with Gasteiger partial charge in [0.25, 0.3) is 11.5 Å². The summed E-state index contributed by atoms with van der Waals surface area (Å²) in [6.45, 7) is 0.804. The zero-order chi connectivity index (χ0) is 17.2. The molecule has 1 aromatic carbocycles. The van der Waals surface area contributed by atoms with Crippen molar-refractivity contribution in [3.05, 3.63) is 38.9 Å². The van der Waals surface area contributed by atoms with E-state index >= 15 is 0 Å². The Hall–Kier alpha value is -1.99. The van der Waals surface area contributed by atoms with Crippen LogP contribution in [0.5, 0.6) is 0 Å². The van der Waals surface area contributed by atoms with Crippen LogP contribution in [0.4, 0.5) is 0 Å². The van der Waals surface area contributed by atoms with Crippen molar-refractivity contribution in [1.82, 2.24) is 15.3 Å². The molecule has 1 aromatic heterocycles. The van der Waals surface area contributed by atoms with Gasteiger partial charge in [-0.05, 0) is 49.7 Å². The minimum absolute atomic E-state index is 0.0943. The molecule has 3 atom stereocenters. The van der Waals surface area contributed by atoms with Crippen molar-refractivity contribution in [3.8, 4) is 0 Å². The fraction of sp³-hybridized carbons (Fsp3) is 0.500. The Morgan fingerprint density at radius 3 is 2.92 bits per heavy atom. The van der Waals surface area contributed by atoms with Crippen molar-refractivity contribution < 1.29 is 9.53 Å². The molecule has 0 bridgehead atoms. The molecule has 6 nitrogen and oxygen atoms in total. The molecule has 2 aromatic rings. The van der Waals surface area contributed by atoms with Gasteiger partial charge in [0.15, 0.2) is 4.77 Å². The quantitative estimate of drug-likeness (QED) is 0.720. The first-order valence-electron chi connectivity index (χ1n) is 8.77. The molecule has 5 rings (SSSR count). The highest BCUT2D eigenvalue weighted by Crippen LogP contribution is 2.62. The zero-order valence-corrected chi connectivity index (χ0v) is 14.4. The van der Waals surface area contributed by atoms with Crippen LogP contribution >= 0.6 is 12.2 Å². The second-order valence-electron chi connectivity index (χ2n) is 7.45. The highest BCUT2D eigenvalue weighted by atomic mass is 32.1. The number of amides is 1. The molecule has 2 heterocycles. The number of H-pyrrole nitrogens is 2. The number of aromatic nitrogens is 2. The SMILES string of the molecule is O=C(N[C@@H]1[C@H]2CCO[C@@H]2C12CCC2)c1ccc2c(=O)[nH]c(=S)[nH]c2c1. The first kappa shape index (κ1) is 15.3. The Kier molecular flexibility index (Phi) is 3.21. The number of ether oxygens (including phenoxy) is 1. The number of nitrogens with one attached hydrogen (secondary N) is 3. The van der Waals surface area contributed by atoms with Crippen LogP contribution in [0, 0.1) is 16.1 Å². The van der Waals surface area contributed by atoms with E-state index in [0.29, 0.717) is 28.5 Å². The van der Waals surface area contributed by atoms with E-state index in [1.807, 2.05) is 0 Å².